The van der Waals surface area contributed by atoms with E-state index in [1.807, 2.05) is 37.4 Å². The predicted molar refractivity (Wildman–Crippen MR) is 79.8 cm³/mol. The Labute approximate surface area is 122 Å². The third-order valence-corrected chi connectivity index (χ3v) is 4.75. The summed E-state index contributed by atoms with van der Waals surface area (Å²) >= 11 is 1.52. The highest BCUT2D eigenvalue weighted by Crippen LogP contribution is 2.40. The number of thioether (sulfide) groups is 1. The van der Waals surface area contributed by atoms with Gasteiger partial charge in [-0.2, -0.15) is 0 Å². The van der Waals surface area contributed by atoms with Crippen molar-refractivity contribution in [3.63, 3.8) is 0 Å². The van der Waals surface area contributed by atoms with Gasteiger partial charge in [0.05, 0.1) is 11.3 Å². The van der Waals surface area contributed by atoms with E-state index in [0.717, 1.165) is 11.3 Å². The third-order valence-electron chi connectivity index (χ3n) is 3.45. The number of hydrogen-bond acceptors (Lipinski definition) is 3. The molecule has 1 heterocycles. The van der Waals surface area contributed by atoms with Crippen molar-refractivity contribution in [2.24, 2.45) is 0 Å². The molecule has 2 aromatic rings. The Morgan fingerprint density at radius 1 is 1.15 bits per heavy atom. The number of benzene rings is 2. The molecule has 0 fully saturated rings. The summed E-state index contributed by atoms with van der Waals surface area (Å²) in [6.45, 7) is 0.571. The van der Waals surface area contributed by atoms with Crippen molar-refractivity contribution in [2.45, 2.75) is 16.2 Å². The highest BCUT2D eigenvalue weighted by Gasteiger charge is 2.30. The molecule has 0 aliphatic carbocycles. The summed E-state index contributed by atoms with van der Waals surface area (Å²) < 4.78 is 19.6. The molecule has 1 aliphatic heterocycles. The zero-order valence-corrected chi connectivity index (χ0v) is 12.0. The first-order valence-corrected chi connectivity index (χ1v) is 7.47. The van der Waals surface area contributed by atoms with E-state index in [-0.39, 0.29) is 17.1 Å². The summed E-state index contributed by atoms with van der Waals surface area (Å²) in [5.74, 6) is 0.739. The Hall–Kier alpha value is -1.52. The van der Waals surface area contributed by atoms with Crippen LogP contribution in [0, 0.1) is 5.82 Å². The van der Waals surface area contributed by atoms with Gasteiger partial charge in [-0.3, -0.25) is 0 Å². The minimum atomic E-state index is -0.175. The van der Waals surface area contributed by atoms with Gasteiger partial charge < -0.3 is 10.1 Å². The van der Waals surface area contributed by atoms with Gasteiger partial charge >= 0.3 is 0 Å². The number of hydrogen-bond donors (Lipinski definition) is 1. The fourth-order valence-corrected chi connectivity index (χ4v) is 3.70. The standard InChI is InChI=1S/C16H16FNOS/c1-18-16-11-6-2-4-8-13(11)19-10-15(16)20-14-9-5-3-7-12(14)17/h2-9,15-16,18H,10H2,1H3. The lowest BCUT2D eigenvalue weighted by atomic mass is 10.0. The molecule has 1 N–H and O–H groups in total. The zero-order chi connectivity index (χ0) is 13.9. The molecule has 0 spiro atoms. The van der Waals surface area contributed by atoms with Gasteiger partial charge in [0.15, 0.2) is 0 Å². The van der Waals surface area contributed by atoms with Crippen LogP contribution in [0.5, 0.6) is 5.75 Å². The van der Waals surface area contributed by atoms with Crippen LogP contribution in [0.4, 0.5) is 4.39 Å². The molecule has 0 saturated heterocycles. The second-order valence-corrected chi connectivity index (χ2v) is 5.98. The lowest BCUT2D eigenvalue weighted by Gasteiger charge is -2.33. The minimum absolute atomic E-state index is 0.145. The van der Waals surface area contributed by atoms with E-state index in [2.05, 4.69) is 11.4 Å². The van der Waals surface area contributed by atoms with Crippen LogP contribution in [-0.2, 0) is 0 Å². The number of halogens is 1. The van der Waals surface area contributed by atoms with Gasteiger partial charge in [-0.15, -0.1) is 11.8 Å². The summed E-state index contributed by atoms with van der Waals surface area (Å²) in [6.07, 6.45) is 0. The molecule has 104 valence electrons. The highest BCUT2D eigenvalue weighted by atomic mass is 32.2. The Kier molecular flexibility index (Phi) is 3.94. The second kappa shape index (κ2) is 5.85. The molecule has 2 unspecified atom stereocenters. The Morgan fingerprint density at radius 2 is 1.90 bits per heavy atom. The number of ether oxygens (including phenoxy) is 1. The summed E-state index contributed by atoms with van der Waals surface area (Å²) in [5, 5.41) is 3.47. The molecular weight excluding hydrogens is 273 g/mol. The fraction of sp³-hybridized carbons (Fsp3) is 0.250. The van der Waals surface area contributed by atoms with Gasteiger partial charge in [-0.25, -0.2) is 4.39 Å². The molecule has 3 rings (SSSR count). The van der Waals surface area contributed by atoms with Crippen LogP contribution in [-0.4, -0.2) is 18.9 Å². The largest absolute Gasteiger partial charge is 0.492 e. The Bertz CT molecular complexity index is 605. The molecule has 0 bridgehead atoms. The van der Waals surface area contributed by atoms with Crippen molar-refractivity contribution in [2.75, 3.05) is 13.7 Å². The van der Waals surface area contributed by atoms with E-state index >= 15 is 0 Å². The first-order chi connectivity index (χ1) is 9.79. The Balaban J connectivity index is 1.87. The molecular formula is C16H16FNOS. The van der Waals surface area contributed by atoms with E-state index in [1.165, 1.54) is 17.8 Å². The SMILES string of the molecule is CNC1c2ccccc2OCC1Sc1ccccc1F. The summed E-state index contributed by atoms with van der Waals surface area (Å²) in [5.41, 5.74) is 1.13. The van der Waals surface area contributed by atoms with Gasteiger partial charge in [-0.05, 0) is 25.2 Å². The maximum absolute atomic E-state index is 13.8. The van der Waals surface area contributed by atoms with Crippen LogP contribution in [0.3, 0.4) is 0 Å². The van der Waals surface area contributed by atoms with Crippen LogP contribution in [0.25, 0.3) is 0 Å². The molecule has 0 saturated carbocycles. The minimum Gasteiger partial charge on any atom is -0.492 e. The van der Waals surface area contributed by atoms with E-state index < -0.39 is 0 Å². The smallest absolute Gasteiger partial charge is 0.136 e. The lowest BCUT2D eigenvalue weighted by molar-refractivity contribution is 0.265. The van der Waals surface area contributed by atoms with Gasteiger partial charge in [0.2, 0.25) is 0 Å². The molecule has 2 nitrogen and oxygen atoms in total. The first-order valence-electron chi connectivity index (χ1n) is 6.60. The molecule has 0 amide bonds. The molecule has 0 radical (unpaired) electrons. The van der Waals surface area contributed by atoms with E-state index in [1.54, 1.807) is 6.07 Å². The van der Waals surface area contributed by atoms with Crippen molar-refractivity contribution in [3.05, 3.63) is 59.9 Å². The maximum Gasteiger partial charge on any atom is 0.136 e. The van der Waals surface area contributed by atoms with Gasteiger partial charge in [0.1, 0.15) is 18.2 Å². The summed E-state index contributed by atoms with van der Waals surface area (Å²) in [7, 11) is 1.93. The Morgan fingerprint density at radius 3 is 2.70 bits per heavy atom. The van der Waals surface area contributed by atoms with Crippen LogP contribution in [0.2, 0.25) is 0 Å². The molecule has 2 atom stereocenters. The lowest BCUT2D eigenvalue weighted by Crippen LogP contribution is -2.35. The highest BCUT2D eigenvalue weighted by molar-refractivity contribution is 8.00. The van der Waals surface area contributed by atoms with Gasteiger partial charge in [0.25, 0.3) is 0 Å². The number of fused-ring (bicyclic) bond motifs is 1. The van der Waals surface area contributed by atoms with E-state index in [0.29, 0.717) is 11.5 Å². The van der Waals surface area contributed by atoms with Crippen molar-refractivity contribution in [1.29, 1.82) is 0 Å². The quantitative estimate of drug-likeness (QED) is 0.932. The second-order valence-electron chi connectivity index (χ2n) is 4.70. The topological polar surface area (TPSA) is 21.3 Å². The number of nitrogens with one attached hydrogen (secondary N) is 1. The van der Waals surface area contributed by atoms with Crippen LogP contribution < -0.4 is 10.1 Å². The van der Waals surface area contributed by atoms with Crippen molar-refractivity contribution < 1.29 is 9.13 Å². The monoisotopic (exact) mass is 289 g/mol. The van der Waals surface area contributed by atoms with Crippen LogP contribution >= 0.6 is 11.8 Å². The van der Waals surface area contributed by atoms with E-state index in [9.17, 15) is 4.39 Å². The summed E-state index contributed by atoms with van der Waals surface area (Å²) in [4.78, 5) is 0.667. The van der Waals surface area contributed by atoms with Crippen LogP contribution in [0.1, 0.15) is 11.6 Å². The molecule has 1 aliphatic rings. The number of para-hydroxylation sites is 1. The van der Waals surface area contributed by atoms with Gasteiger partial charge in [-0.1, -0.05) is 30.3 Å². The number of rotatable bonds is 3. The molecule has 2 aromatic carbocycles. The summed E-state index contributed by atoms with van der Waals surface area (Å²) in [6, 6.07) is 15.0. The average Bonchev–Trinajstić information content (AvgIpc) is 2.49. The van der Waals surface area contributed by atoms with Crippen molar-refractivity contribution >= 4 is 11.8 Å². The van der Waals surface area contributed by atoms with Crippen molar-refractivity contribution in [3.8, 4) is 5.75 Å². The normalized spacial score (nSPS) is 21.1. The van der Waals surface area contributed by atoms with Gasteiger partial charge in [0, 0.05) is 10.5 Å². The molecule has 4 heteroatoms. The zero-order valence-electron chi connectivity index (χ0n) is 11.2. The fourth-order valence-electron chi connectivity index (χ4n) is 2.48. The van der Waals surface area contributed by atoms with Crippen LogP contribution in [0.15, 0.2) is 53.4 Å². The van der Waals surface area contributed by atoms with E-state index in [4.69, 9.17) is 4.74 Å². The molecule has 20 heavy (non-hydrogen) atoms. The molecule has 0 aromatic heterocycles. The predicted octanol–water partition coefficient (Wildman–Crippen LogP) is 3.64. The average molecular weight is 289 g/mol. The first kappa shape index (κ1) is 13.5. The maximum atomic E-state index is 13.8. The third kappa shape index (κ3) is 2.53. The van der Waals surface area contributed by atoms with Crippen molar-refractivity contribution in [1.82, 2.24) is 5.32 Å².